The molecule has 2 heterocycles. The van der Waals surface area contributed by atoms with Crippen molar-refractivity contribution in [1.29, 1.82) is 0 Å². The number of hydrogen-bond donors (Lipinski definition) is 0. The lowest BCUT2D eigenvalue weighted by Gasteiger charge is -2.18. The van der Waals surface area contributed by atoms with E-state index in [0.717, 1.165) is 42.9 Å². The number of carbonyl (C=O) groups is 1. The summed E-state index contributed by atoms with van der Waals surface area (Å²) in [5.41, 5.74) is 4.52. The second-order valence-electron chi connectivity index (χ2n) is 6.19. The van der Waals surface area contributed by atoms with Gasteiger partial charge in [-0.15, -0.1) is 0 Å². The molecule has 0 bridgehead atoms. The Morgan fingerprint density at radius 1 is 1.26 bits per heavy atom. The van der Waals surface area contributed by atoms with E-state index in [9.17, 15) is 9.90 Å². The molecule has 0 spiro atoms. The highest BCUT2D eigenvalue weighted by molar-refractivity contribution is 5.65. The summed E-state index contributed by atoms with van der Waals surface area (Å²) < 4.78 is 7.98. The van der Waals surface area contributed by atoms with Gasteiger partial charge in [0.15, 0.2) is 0 Å². The maximum atomic E-state index is 10.8. The van der Waals surface area contributed by atoms with Gasteiger partial charge in [-0.3, -0.25) is 0 Å². The highest BCUT2D eigenvalue weighted by Gasteiger charge is 2.19. The molecule has 4 heteroatoms. The van der Waals surface area contributed by atoms with Gasteiger partial charge < -0.3 is 19.2 Å². The van der Waals surface area contributed by atoms with Crippen molar-refractivity contribution in [3.05, 3.63) is 47.7 Å². The van der Waals surface area contributed by atoms with Crippen LogP contribution in [0.15, 0.2) is 36.4 Å². The second kappa shape index (κ2) is 7.01. The third kappa shape index (κ3) is 3.82. The summed E-state index contributed by atoms with van der Waals surface area (Å²) in [6.45, 7) is 3.67. The minimum absolute atomic E-state index is 0.0445. The van der Waals surface area contributed by atoms with Crippen LogP contribution in [-0.4, -0.2) is 23.2 Å². The second-order valence-corrected chi connectivity index (χ2v) is 6.19. The summed E-state index contributed by atoms with van der Waals surface area (Å²) >= 11 is 0. The molecule has 0 unspecified atom stereocenters. The lowest BCUT2D eigenvalue weighted by Crippen LogP contribution is -2.23. The third-order valence-corrected chi connectivity index (χ3v) is 4.41. The first-order valence-corrected chi connectivity index (χ1v) is 8.20. The van der Waals surface area contributed by atoms with Gasteiger partial charge in [-0.05, 0) is 50.3 Å². The number of carboxylic acid groups (broad SMARTS) is 1. The largest absolute Gasteiger partial charge is 0.550 e. The molecule has 0 aliphatic carbocycles. The van der Waals surface area contributed by atoms with Gasteiger partial charge in [-0.25, -0.2) is 0 Å². The topological polar surface area (TPSA) is 54.3 Å². The number of aromatic nitrogens is 1. The number of rotatable bonds is 6. The molecule has 0 radical (unpaired) electrons. The lowest BCUT2D eigenvalue weighted by atomic mass is 10.1. The quantitative estimate of drug-likeness (QED) is 0.822. The number of hydrogen-bond acceptors (Lipinski definition) is 3. The molecular weight excluding hydrogens is 290 g/mol. The minimum atomic E-state index is -1.01. The van der Waals surface area contributed by atoms with Crippen molar-refractivity contribution in [2.75, 3.05) is 6.61 Å². The average Bonchev–Trinajstić information content (AvgIpc) is 3.17. The van der Waals surface area contributed by atoms with Crippen LogP contribution in [0.25, 0.3) is 11.3 Å². The van der Waals surface area contributed by atoms with Gasteiger partial charge in [-0.1, -0.05) is 29.8 Å². The van der Waals surface area contributed by atoms with Crippen molar-refractivity contribution in [2.45, 2.75) is 45.3 Å². The molecule has 23 heavy (non-hydrogen) atoms. The fourth-order valence-electron chi connectivity index (χ4n) is 3.14. The molecule has 1 aliphatic heterocycles. The molecule has 122 valence electrons. The first kappa shape index (κ1) is 15.8. The smallest absolute Gasteiger partial charge is 0.0754 e. The normalized spacial score (nSPS) is 17.5. The maximum absolute atomic E-state index is 10.8. The van der Waals surface area contributed by atoms with Crippen LogP contribution in [0.2, 0.25) is 0 Å². The number of nitrogens with zero attached hydrogens (tertiary/aromatic N) is 1. The summed E-state index contributed by atoms with van der Waals surface area (Å²) in [5.74, 6) is -1.01. The van der Waals surface area contributed by atoms with Gasteiger partial charge in [0, 0.05) is 30.5 Å². The van der Waals surface area contributed by atoms with Gasteiger partial charge in [0.2, 0.25) is 0 Å². The highest BCUT2D eigenvalue weighted by Crippen LogP contribution is 2.26. The Balaban J connectivity index is 1.90. The molecule has 1 aromatic carbocycles. The van der Waals surface area contributed by atoms with Crippen LogP contribution in [0.5, 0.6) is 0 Å². The number of aliphatic carboxylic acids is 1. The molecule has 1 saturated heterocycles. The lowest BCUT2D eigenvalue weighted by molar-refractivity contribution is -0.305. The summed E-state index contributed by atoms with van der Waals surface area (Å²) in [4.78, 5) is 10.8. The number of carboxylic acids is 1. The van der Waals surface area contributed by atoms with E-state index in [1.807, 2.05) is 6.07 Å². The van der Waals surface area contributed by atoms with Crippen LogP contribution in [0.4, 0.5) is 0 Å². The van der Waals surface area contributed by atoms with Gasteiger partial charge in [-0.2, -0.15) is 0 Å². The third-order valence-electron chi connectivity index (χ3n) is 4.41. The van der Waals surface area contributed by atoms with Crippen molar-refractivity contribution in [2.24, 2.45) is 0 Å². The minimum Gasteiger partial charge on any atom is -0.550 e. The molecule has 0 amide bonds. The standard InChI is InChI=1S/C19H23NO3/c1-14-4-6-15(7-5-14)18-10-8-16(9-11-19(21)22)20(18)13-17-3-2-12-23-17/h4-8,10,17H,2-3,9,11-13H2,1H3,(H,21,22)/p-1/t17-/m0/s1. The van der Waals surface area contributed by atoms with Crippen molar-refractivity contribution < 1.29 is 14.6 Å². The Hall–Kier alpha value is -2.07. The molecule has 1 aromatic heterocycles. The molecule has 0 N–H and O–H groups in total. The SMILES string of the molecule is Cc1ccc(-c2ccc(CCC(=O)[O-])n2C[C@@H]2CCCO2)cc1. The van der Waals surface area contributed by atoms with E-state index >= 15 is 0 Å². The molecule has 1 fully saturated rings. The van der Waals surface area contributed by atoms with Crippen LogP contribution in [0, 0.1) is 6.92 Å². The van der Waals surface area contributed by atoms with Crippen molar-refractivity contribution in [3.8, 4) is 11.3 Å². The molecule has 3 rings (SSSR count). The Bertz CT molecular complexity index is 666. The van der Waals surface area contributed by atoms with Crippen molar-refractivity contribution in [3.63, 3.8) is 0 Å². The fraction of sp³-hybridized carbons (Fsp3) is 0.421. The molecule has 1 atom stereocenters. The van der Waals surface area contributed by atoms with E-state index in [2.05, 4.69) is 41.8 Å². The summed E-state index contributed by atoms with van der Waals surface area (Å²) in [5, 5.41) is 10.8. The van der Waals surface area contributed by atoms with Gasteiger partial charge in [0.05, 0.1) is 6.10 Å². The average molecular weight is 312 g/mol. The van der Waals surface area contributed by atoms with Crippen LogP contribution < -0.4 is 5.11 Å². The number of aryl methyl sites for hydroxylation is 2. The molecule has 0 saturated carbocycles. The van der Waals surface area contributed by atoms with Gasteiger partial charge in [0.25, 0.3) is 0 Å². The predicted molar refractivity (Wildman–Crippen MR) is 86.9 cm³/mol. The van der Waals surface area contributed by atoms with E-state index in [1.165, 1.54) is 5.56 Å². The van der Waals surface area contributed by atoms with Crippen LogP contribution in [-0.2, 0) is 22.5 Å². The number of benzene rings is 1. The van der Waals surface area contributed by atoms with Crippen LogP contribution in [0.3, 0.4) is 0 Å². The Morgan fingerprint density at radius 3 is 2.70 bits per heavy atom. The predicted octanol–water partition coefficient (Wildman–Crippen LogP) is 2.33. The van der Waals surface area contributed by atoms with Crippen LogP contribution in [0.1, 0.15) is 30.5 Å². The van der Waals surface area contributed by atoms with Crippen LogP contribution >= 0.6 is 0 Å². The zero-order valence-corrected chi connectivity index (χ0v) is 13.5. The first-order valence-electron chi connectivity index (χ1n) is 8.20. The zero-order valence-electron chi connectivity index (χ0n) is 13.5. The Morgan fingerprint density at radius 2 is 2.04 bits per heavy atom. The monoisotopic (exact) mass is 312 g/mol. The zero-order chi connectivity index (χ0) is 16.2. The Labute approximate surface area is 136 Å². The number of ether oxygens (including phenoxy) is 1. The van der Waals surface area contributed by atoms with E-state index in [1.54, 1.807) is 0 Å². The van der Waals surface area contributed by atoms with E-state index in [-0.39, 0.29) is 12.5 Å². The molecule has 1 aliphatic rings. The van der Waals surface area contributed by atoms with Gasteiger partial charge >= 0.3 is 0 Å². The summed E-state index contributed by atoms with van der Waals surface area (Å²) in [6, 6.07) is 12.5. The molecule has 2 aromatic rings. The molecule has 4 nitrogen and oxygen atoms in total. The number of carbonyl (C=O) groups excluding carboxylic acids is 1. The van der Waals surface area contributed by atoms with E-state index < -0.39 is 5.97 Å². The fourth-order valence-corrected chi connectivity index (χ4v) is 3.14. The summed E-state index contributed by atoms with van der Waals surface area (Å²) in [7, 11) is 0. The highest BCUT2D eigenvalue weighted by atomic mass is 16.5. The summed E-state index contributed by atoms with van der Waals surface area (Å²) in [6.07, 6.45) is 2.91. The van der Waals surface area contributed by atoms with Crippen molar-refractivity contribution >= 4 is 5.97 Å². The van der Waals surface area contributed by atoms with Crippen molar-refractivity contribution in [1.82, 2.24) is 4.57 Å². The Kier molecular flexibility index (Phi) is 4.82. The molecular formula is C19H22NO3-. The van der Waals surface area contributed by atoms with Gasteiger partial charge in [0.1, 0.15) is 0 Å². The first-order chi connectivity index (χ1) is 11.1. The maximum Gasteiger partial charge on any atom is 0.0754 e. The van der Waals surface area contributed by atoms with E-state index in [0.29, 0.717) is 6.42 Å². The van der Waals surface area contributed by atoms with E-state index in [4.69, 9.17) is 4.74 Å².